The molecule has 35 heavy (non-hydrogen) atoms. The van der Waals surface area contributed by atoms with Gasteiger partial charge in [0, 0.05) is 41.4 Å². The fourth-order valence-electron chi connectivity index (χ4n) is 4.30. The summed E-state index contributed by atoms with van der Waals surface area (Å²) in [7, 11) is 1.79. The minimum Gasteiger partial charge on any atom is -0.454 e. The fraction of sp³-hybridized carbons (Fsp3) is 0.320. The predicted molar refractivity (Wildman–Crippen MR) is 133 cm³/mol. The van der Waals surface area contributed by atoms with E-state index in [2.05, 4.69) is 20.6 Å². The molecule has 0 radical (unpaired) electrons. The van der Waals surface area contributed by atoms with Gasteiger partial charge in [-0.15, -0.1) is 0 Å². The van der Waals surface area contributed by atoms with E-state index in [4.69, 9.17) is 21.1 Å². The number of fused-ring (bicyclic) bond motifs is 1. The summed E-state index contributed by atoms with van der Waals surface area (Å²) in [5.74, 6) is 1.72. The Morgan fingerprint density at radius 3 is 2.54 bits per heavy atom. The third-order valence-electron chi connectivity index (χ3n) is 6.25. The summed E-state index contributed by atoms with van der Waals surface area (Å²) in [6.07, 6.45) is 1.38. The molecule has 2 aliphatic rings. The van der Waals surface area contributed by atoms with Crippen molar-refractivity contribution in [2.45, 2.75) is 12.8 Å². The largest absolute Gasteiger partial charge is 0.454 e. The number of ether oxygens (including phenoxy) is 2. The van der Waals surface area contributed by atoms with Crippen molar-refractivity contribution in [3.63, 3.8) is 0 Å². The second kappa shape index (κ2) is 9.97. The highest BCUT2D eigenvalue weighted by molar-refractivity contribution is 6.30. The molecule has 5 rings (SSSR count). The minimum atomic E-state index is -0.112. The maximum Gasteiger partial charge on any atom is 0.239 e. The first-order valence-electron chi connectivity index (χ1n) is 11.5. The van der Waals surface area contributed by atoms with Crippen LogP contribution >= 0.6 is 11.6 Å². The Kier molecular flexibility index (Phi) is 6.61. The SMILES string of the molecule is Cn1nc(-c2ccc(Cl)cc2)cc1NC(=O)CN1CCC(C(=O)Nc2ccc3c(c2)OCO3)CC1. The van der Waals surface area contributed by atoms with E-state index >= 15 is 0 Å². The third kappa shape index (κ3) is 5.41. The number of nitrogens with one attached hydrogen (secondary N) is 2. The van der Waals surface area contributed by atoms with E-state index in [-0.39, 0.29) is 31.1 Å². The third-order valence-corrected chi connectivity index (χ3v) is 6.50. The first kappa shape index (κ1) is 23.2. The number of benzene rings is 2. The van der Waals surface area contributed by atoms with Crippen molar-refractivity contribution >= 4 is 34.9 Å². The van der Waals surface area contributed by atoms with E-state index in [1.54, 1.807) is 23.9 Å². The van der Waals surface area contributed by atoms with Crippen LogP contribution in [0, 0.1) is 5.92 Å². The number of amides is 2. The zero-order chi connectivity index (χ0) is 24.4. The van der Waals surface area contributed by atoms with Crippen molar-refractivity contribution in [3.05, 3.63) is 53.6 Å². The highest BCUT2D eigenvalue weighted by Crippen LogP contribution is 2.34. The maximum absolute atomic E-state index is 12.7. The van der Waals surface area contributed by atoms with Gasteiger partial charge >= 0.3 is 0 Å². The monoisotopic (exact) mass is 495 g/mol. The molecule has 0 saturated carbocycles. The first-order valence-corrected chi connectivity index (χ1v) is 11.8. The molecule has 2 aliphatic heterocycles. The highest BCUT2D eigenvalue weighted by atomic mass is 35.5. The number of anilines is 2. The summed E-state index contributed by atoms with van der Waals surface area (Å²) >= 11 is 5.96. The zero-order valence-corrected chi connectivity index (χ0v) is 20.0. The molecule has 0 spiro atoms. The summed E-state index contributed by atoms with van der Waals surface area (Å²) in [6, 6.07) is 14.6. The van der Waals surface area contributed by atoms with Crippen LogP contribution in [0.1, 0.15) is 12.8 Å². The van der Waals surface area contributed by atoms with Gasteiger partial charge in [0.2, 0.25) is 18.6 Å². The van der Waals surface area contributed by atoms with Crippen LogP contribution in [-0.4, -0.2) is 52.9 Å². The lowest BCUT2D eigenvalue weighted by molar-refractivity contribution is -0.121. The Hall–Kier alpha value is -3.56. The number of nitrogens with zero attached hydrogens (tertiary/aromatic N) is 3. The predicted octanol–water partition coefficient (Wildman–Crippen LogP) is 3.76. The topological polar surface area (TPSA) is 97.7 Å². The summed E-state index contributed by atoms with van der Waals surface area (Å²) in [6.45, 7) is 1.81. The standard InChI is InChI=1S/C25H26ClN5O4/c1-30-23(13-20(29-30)16-2-4-18(26)5-3-16)28-24(32)14-31-10-8-17(9-11-31)25(33)27-19-6-7-21-22(12-19)35-15-34-21/h2-7,12-13,17H,8-11,14-15H2,1H3,(H,27,33)(H,28,32). The second-order valence-electron chi connectivity index (χ2n) is 8.70. The van der Waals surface area contributed by atoms with Gasteiger partial charge in [0.25, 0.3) is 0 Å². The van der Waals surface area contributed by atoms with E-state index in [1.807, 2.05) is 36.4 Å². The Morgan fingerprint density at radius 2 is 1.77 bits per heavy atom. The number of hydrogen-bond donors (Lipinski definition) is 2. The van der Waals surface area contributed by atoms with Gasteiger partial charge in [-0.05, 0) is 50.2 Å². The number of piperidine rings is 1. The van der Waals surface area contributed by atoms with Crippen LogP contribution in [0.25, 0.3) is 11.3 Å². The highest BCUT2D eigenvalue weighted by Gasteiger charge is 2.26. The molecule has 0 atom stereocenters. The lowest BCUT2D eigenvalue weighted by Crippen LogP contribution is -2.41. The second-order valence-corrected chi connectivity index (χ2v) is 9.14. The number of aromatic nitrogens is 2. The van der Waals surface area contributed by atoms with Crippen LogP contribution in [0.15, 0.2) is 48.5 Å². The van der Waals surface area contributed by atoms with Crippen molar-refractivity contribution in [1.82, 2.24) is 14.7 Å². The molecule has 0 bridgehead atoms. The molecule has 0 unspecified atom stereocenters. The van der Waals surface area contributed by atoms with Gasteiger partial charge in [-0.3, -0.25) is 19.2 Å². The Labute approximate surface area is 208 Å². The van der Waals surface area contributed by atoms with E-state index in [1.165, 1.54) is 0 Å². The van der Waals surface area contributed by atoms with E-state index in [9.17, 15) is 9.59 Å². The number of aryl methyl sites for hydroxylation is 1. The summed E-state index contributed by atoms with van der Waals surface area (Å²) in [4.78, 5) is 27.4. The zero-order valence-electron chi connectivity index (χ0n) is 19.3. The average molecular weight is 496 g/mol. The van der Waals surface area contributed by atoms with Gasteiger partial charge in [0.15, 0.2) is 11.5 Å². The van der Waals surface area contributed by atoms with E-state index < -0.39 is 0 Å². The number of carbonyl (C=O) groups excluding carboxylic acids is 2. The van der Waals surface area contributed by atoms with Gasteiger partial charge in [0.1, 0.15) is 5.82 Å². The van der Waals surface area contributed by atoms with Crippen LogP contribution in [0.5, 0.6) is 11.5 Å². The van der Waals surface area contributed by atoms with E-state index in [0.717, 1.165) is 11.3 Å². The number of rotatable bonds is 6. The molecule has 3 heterocycles. The Morgan fingerprint density at radius 1 is 1.03 bits per heavy atom. The molecule has 182 valence electrons. The molecule has 2 N–H and O–H groups in total. The van der Waals surface area contributed by atoms with Crippen LogP contribution in [0.4, 0.5) is 11.5 Å². The van der Waals surface area contributed by atoms with Crippen LogP contribution in [0.2, 0.25) is 5.02 Å². The Bertz CT molecular complexity index is 1240. The molecular formula is C25H26ClN5O4. The average Bonchev–Trinajstić information content (AvgIpc) is 3.46. The molecule has 9 nitrogen and oxygen atoms in total. The summed E-state index contributed by atoms with van der Waals surface area (Å²) in [5.41, 5.74) is 2.37. The number of halogens is 1. The van der Waals surface area contributed by atoms with E-state index in [0.29, 0.717) is 54.0 Å². The summed E-state index contributed by atoms with van der Waals surface area (Å²) < 4.78 is 12.3. The normalized spacial score (nSPS) is 15.7. The molecular weight excluding hydrogens is 470 g/mol. The van der Waals surface area contributed by atoms with Crippen molar-refractivity contribution in [1.29, 1.82) is 0 Å². The molecule has 3 aromatic rings. The number of carbonyl (C=O) groups is 2. The van der Waals surface area contributed by atoms with Gasteiger partial charge in [0.05, 0.1) is 12.2 Å². The minimum absolute atomic E-state index is 0.0161. The van der Waals surface area contributed by atoms with Crippen LogP contribution in [-0.2, 0) is 16.6 Å². The molecule has 1 fully saturated rings. The molecule has 1 saturated heterocycles. The maximum atomic E-state index is 12.7. The molecule has 2 aromatic carbocycles. The Balaban J connectivity index is 1.10. The van der Waals surface area contributed by atoms with Gasteiger partial charge in [-0.1, -0.05) is 23.7 Å². The summed E-state index contributed by atoms with van der Waals surface area (Å²) in [5, 5.41) is 11.0. The van der Waals surface area contributed by atoms with Crippen molar-refractivity contribution in [2.75, 3.05) is 37.1 Å². The van der Waals surface area contributed by atoms with Crippen LogP contribution in [0.3, 0.4) is 0 Å². The molecule has 2 amide bonds. The smallest absolute Gasteiger partial charge is 0.239 e. The molecule has 10 heteroatoms. The van der Waals surface area contributed by atoms with Crippen LogP contribution < -0.4 is 20.1 Å². The van der Waals surface area contributed by atoms with Gasteiger partial charge in [-0.25, -0.2) is 0 Å². The quantitative estimate of drug-likeness (QED) is 0.540. The molecule has 0 aliphatic carbocycles. The number of likely N-dealkylation sites (tertiary alicyclic amines) is 1. The first-order chi connectivity index (χ1) is 16.9. The number of hydrogen-bond acceptors (Lipinski definition) is 6. The lowest BCUT2D eigenvalue weighted by Gasteiger charge is -2.30. The molecule has 1 aromatic heterocycles. The lowest BCUT2D eigenvalue weighted by atomic mass is 9.96. The van der Waals surface area contributed by atoms with Crippen molar-refractivity contribution < 1.29 is 19.1 Å². The van der Waals surface area contributed by atoms with Gasteiger partial charge in [-0.2, -0.15) is 5.10 Å². The fourth-order valence-corrected chi connectivity index (χ4v) is 4.43. The van der Waals surface area contributed by atoms with Crippen molar-refractivity contribution in [3.8, 4) is 22.8 Å². The van der Waals surface area contributed by atoms with Crippen molar-refractivity contribution in [2.24, 2.45) is 13.0 Å². The van der Waals surface area contributed by atoms with Gasteiger partial charge < -0.3 is 20.1 Å².